The zero-order chi connectivity index (χ0) is 13.2. The van der Waals surface area contributed by atoms with E-state index in [9.17, 15) is 4.79 Å². The second-order valence-corrected chi connectivity index (χ2v) is 5.74. The van der Waals surface area contributed by atoms with Gasteiger partial charge in [-0.15, -0.1) is 11.8 Å². The van der Waals surface area contributed by atoms with E-state index < -0.39 is 0 Å². The van der Waals surface area contributed by atoms with Crippen LogP contribution in [0, 0.1) is 0 Å². The van der Waals surface area contributed by atoms with Gasteiger partial charge in [-0.3, -0.25) is 4.79 Å². The van der Waals surface area contributed by atoms with Crippen molar-refractivity contribution in [1.82, 2.24) is 10.1 Å². The van der Waals surface area contributed by atoms with Crippen LogP contribution in [-0.2, 0) is 5.75 Å². The number of thioether (sulfide) groups is 1. The fourth-order valence-electron chi connectivity index (χ4n) is 1.78. The van der Waals surface area contributed by atoms with Gasteiger partial charge in [-0.1, -0.05) is 17.3 Å². The minimum absolute atomic E-state index is 0.0799. The first kappa shape index (κ1) is 12.4. The van der Waals surface area contributed by atoms with Crippen LogP contribution in [-0.4, -0.2) is 15.9 Å². The lowest BCUT2D eigenvalue weighted by Crippen LogP contribution is -1.91. The Hall–Kier alpha value is -1.62. The molecular weight excluding hydrogens is 260 g/mol. The predicted molar refractivity (Wildman–Crippen MR) is 72.3 cm³/mol. The van der Waals surface area contributed by atoms with Crippen molar-refractivity contribution >= 4 is 17.5 Å². The highest BCUT2D eigenvalue weighted by atomic mass is 32.2. The van der Waals surface area contributed by atoms with Gasteiger partial charge in [0.25, 0.3) is 0 Å². The maximum absolute atomic E-state index is 11.3. The maximum atomic E-state index is 11.3. The predicted octanol–water partition coefficient (Wildman–Crippen LogP) is 3.44. The van der Waals surface area contributed by atoms with Crippen LogP contribution in [0.15, 0.2) is 33.7 Å². The lowest BCUT2D eigenvalue weighted by molar-refractivity contribution is 0.101. The molecule has 0 unspecified atom stereocenters. The van der Waals surface area contributed by atoms with Gasteiger partial charge in [0.05, 0.1) is 5.75 Å². The summed E-state index contributed by atoms with van der Waals surface area (Å²) in [6.07, 6.45) is 2.35. The van der Waals surface area contributed by atoms with Crippen molar-refractivity contribution in [3.05, 3.63) is 41.5 Å². The normalized spacial score (nSPS) is 14.6. The Kier molecular flexibility index (Phi) is 3.38. The number of carbonyl (C=O) groups is 1. The standard InChI is InChI=1S/C14H14N2O2S/c1-9(17)11-3-2-4-12(7-11)19-8-13-15-14(16-18-13)10-5-6-10/h2-4,7,10H,5-6,8H2,1H3. The summed E-state index contributed by atoms with van der Waals surface area (Å²) in [5, 5.41) is 3.98. The van der Waals surface area contributed by atoms with Gasteiger partial charge in [0.2, 0.25) is 5.89 Å². The number of hydrogen-bond acceptors (Lipinski definition) is 5. The number of Topliss-reactive ketones (excluding diaryl/α,β-unsaturated/α-hetero) is 1. The molecule has 1 heterocycles. The number of benzene rings is 1. The van der Waals surface area contributed by atoms with Gasteiger partial charge in [0.15, 0.2) is 11.6 Å². The second-order valence-electron chi connectivity index (χ2n) is 4.69. The summed E-state index contributed by atoms with van der Waals surface area (Å²) < 4.78 is 5.22. The molecule has 19 heavy (non-hydrogen) atoms. The van der Waals surface area contributed by atoms with Crippen LogP contribution < -0.4 is 0 Å². The van der Waals surface area contributed by atoms with Gasteiger partial charge < -0.3 is 4.52 Å². The minimum Gasteiger partial charge on any atom is -0.338 e. The van der Waals surface area contributed by atoms with Crippen molar-refractivity contribution in [2.45, 2.75) is 36.3 Å². The molecule has 1 aliphatic carbocycles. The third-order valence-electron chi connectivity index (χ3n) is 3.03. The summed E-state index contributed by atoms with van der Waals surface area (Å²) in [5.74, 6) is 2.73. The topological polar surface area (TPSA) is 56.0 Å². The van der Waals surface area contributed by atoms with E-state index in [1.807, 2.05) is 24.3 Å². The SMILES string of the molecule is CC(=O)c1cccc(SCc2nc(C3CC3)no2)c1. The van der Waals surface area contributed by atoms with Crippen molar-refractivity contribution in [2.24, 2.45) is 0 Å². The van der Waals surface area contributed by atoms with E-state index >= 15 is 0 Å². The fraction of sp³-hybridized carbons (Fsp3) is 0.357. The Morgan fingerprint density at radius 3 is 3.05 bits per heavy atom. The van der Waals surface area contributed by atoms with Gasteiger partial charge in [-0.05, 0) is 31.9 Å². The molecule has 0 bridgehead atoms. The van der Waals surface area contributed by atoms with Crippen LogP contribution in [0.2, 0.25) is 0 Å². The van der Waals surface area contributed by atoms with Crippen LogP contribution >= 0.6 is 11.8 Å². The molecule has 0 radical (unpaired) electrons. The van der Waals surface area contributed by atoms with Crippen LogP contribution in [0.3, 0.4) is 0 Å². The molecule has 0 spiro atoms. The third kappa shape index (κ3) is 3.04. The summed E-state index contributed by atoms with van der Waals surface area (Å²) in [5.41, 5.74) is 0.731. The molecular formula is C14H14N2O2S. The highest BCUT2D eigenvalue weighted by Gasteiger charge is 2.28. The molecule has 5 heteroatoms. The smallest absolute Gasteiger partial charge is 0.237 e. The molecule has 1 aromatic heterocycles. The Morgan fingerprint density at radius 2 is 2.32 bits per heavy atom. The average Bonchev–Trinajstić information content (AvgIpc) is 3.16. The molecule has 2 aromatic rings. The summed E-state index contributed by atoms with van der Waals surface area (Å²) in [6.45, 7) is 1.57. The van der Waals surface area contributed by atoms with Gasteiger partial charge >= 0.3 is 0 Å². The second kappa shape index (κ2) is 5.17. The van der Waals surface area contributed by atoms with E-state index in [2.05, 4.69) is 10.1 Å². The first-order valence-electron chi connectivity index (χ1n) is 6.28. The van der Waals surface area contributed by atoms with E-state index in [4.69, 9.17) is 4.52 Å². The molecule has 0 atom stereocenters. The minimum atomic E-state index is 0.0799. The lowest BCUT2D eigenvalue weighted by Gasteiger charge is -2.00. The Balaban J connectivity index is 1.64. The first-order valence-corrected chi connectivity index (χ1v) is 7.27. The summed E-state index contributed by atoms with van der Waals surface area (Å²) >= 11 is 1.60. The quantitative estimate of drug-likeness (QED) is 0.617. The van der Waals surface area contributed by atoms with Gasteiger partial charge in [-0.2, -0.15) is 4.98 Å². The summed E-state index contributed by atoms with van der Waals surface area (Å²) in [4.78, 5) is 16.7. The van der Waals surface area contributed by atoms with Crippen molar-refractivity contribution < 1.29 is 9.32 Å². The Bertz CT molecular complexity index is 605. The third-order valence-corrected chi connectivity index (χ3v) is 4.01. The van der Waals surface area contributed by atoms with Crippen molar-refractivity contribution in [3.63, 3.8) is 0 Å². The monoisotopic (exact) mass is 274 g/mol. The molecule has 0 N–H and O–H groups in total. The van der Waals surface area contributed by atoms with Crippen molar-refractivity contribution in [2.75, 3.05) is 0 Å². The number of aromatic nitrogens is 2. The zero-order valence-electron chi connectivity index (χ0n) is 10.6. The number of rotatable bonds is 5. The lowest BCUT2D eigenvalue weighted by atomic mass is 10.2. The van der Waals surface area contributed by atoms with Crippen molar-refractivity contribution in [1.29, 1.82) is 0 Å². The van der Waals surface area contributed by atoms with Gasteiger partial charge in [0.1, 0.15) is 0 Å². The van der Waals surface area contributed by atoms with Gasteiger partial charge in [-0.25, -0.2) is 0 Å². The molecule has 1 aromatic carbocycles. The highest BCUT2D eigenvalue weighted by Crippen LogP contribution is 2.38. The number of ketones is 1. The molecule has 4 nitrogen and oxygen atoms in total. The van der Waals surface area contributed by atoms with E-state index in [0.29, 0.717) is 17.6 Å². The molecule has 3 rings (SSSR count). The van der Waals surface area contributed by atoms with E-state index in [-0.39, 0.29) is 5.78 Å². The van der Waals surface area contributed by atoms with E-state index in [0.717, 1.165) is 16.3 Å². The van der Waals surface area contributed by atoms with Crippen LogP contribution in [0.1, 0.15) is 47.8 Å². The first-order chi connectivity index (χ1) is 9.22. The van der Waals surface area contributed by atoms with E-state index in [1.54, 1.807) is 18.7 Å². The Morgan fingerprint density at radius 1 is 1.47 bits per heavy atom. The molecule has 98 valence electrons. The largest absolute Gasteiger partial charge is 0.338 e. The number of hydrogen-bond donors (Lipinski definition) is 0. The molecule has 1 fully saturated rings. The number of nitrogens with zero attached hydrogens (tertiary/aromatic N) is 2. The molecule has 0 saturated heterocycles. The number of carbonyl (C=O) groups excluding carboxylic acids is 1. The van der Waals surface area contributed by atoms with Gasteiger partial charge in [0, 0.05) is 16.4 Å². The van der Waals surface area contributed by atoms with Crippen LogP contribution in [0.5, 0.6) is 0 Å². The summed E-state index contributed by atoms with van der Waals surface area (Å²) in [7, 11) is 0. The highest BCUT2D eigenvalue weighted by molar-refractivity contribution is 7.98. The average molecular weight is 274 g/mol. The fourth-order valence-corrected chi connectivity index (χ4v) is 2.58. The summed E-state index contributed by atoms with van der Waals surface area (Å²) in [6, 6.07) is 7.59. The Labute approximate surface area is 115 Å². The zero-order valence-corrected chi connectivity index (χ0v) is 11.4. The van der Waals surface area contributed by atoms with Crippen LogP contribution in [0.4, 0.5) is 0 Å². The molecule has 0 amide bonds. The van der Waals surface area contributed by atoms with Crippen LogP contribution in [0.25, 0.3) is 0 Å². The van der Waals surface area contributed by atoms with Crippen molar-refractivity contribution in [3.8, 4) is 0 Å². The van der Waals surface area contributed by atoms with E-state index in [1.165, 1.54) is 12.8 Å². The molecule has 0 aliphatic heterocycles. The maximum Gasteiger partial charge on any atom is 0.237 e. The molecule has 1 aliphatic rings. The molecule has 1 saturated carbocycles.